The lowest BCUT2D eigenvalue weighted by Crippen LogP contribution is -2.22. The second kappa shape index (κ2) is 10.2. The number of carbonyl (C=O) groups excluding carboxylic acids is 1. The molecule has 0 heterocycles. The van der Waals surface area contributed by atoms with Gasteiger partial charge in [0.2, 0.25) is 0 Å². The Balaban J connectivity index is 2.37. The van der Waals surface area contributed by atoms with Crippen LogP contribution < -0.4 is 14.8 Å². The molecule has 0 spiro atoms. The first kappa shape index (κ1) is 21.1. The number of nitrogens with zero attached hydrogens (tertiary/aromatic N) is 1. The quantitative estimate of drug-likeness (QED) is 0.651. The molecule has 0 aliphatic carbocycles. The second-order valence-electron chi connectivity index (χ2n) is 6.67. The molecule has 1 unspecified atom stereocenters. The van der Waals surface area contributed by atoms with E-state index in [-0.39, 0.29) is 0 Å². The van der Waals surface area contributed by atoms with E-state index in [9.17, 15) is 4.79 Å². The fourth-order valence-corrected chi connectivity index (χ4v) is 2.56. The van der Waals surface area contributed by atoms with Crippen molar-refractivity contribution in [3.8, 4) is 17.6 Å². The highest BCUT2D eigenvalue weighted by atomic mass is 16.5. The summed E-state index contributed by atoms with van der Waals surface area (Å²) in [6, 6.07) is 13.6. The standard InChI is InChI=1S/C22H26N2O4/c1-5-27-19-10-17(11-20(12-19)28-14-15(2)3)21(22(25)26-4)24-18-8-6-16(13-23)7-9-18/h6-12,15,21,24H,5,14H2,1-4H3. The van der Waals surface area contributed by atoms with Crippen molar-refractivity contribution in [3.63, 3.8) is 0 Å². The molecule has 2 rings (SSSR count). The van der Waals surface area contributed by atoms with Crippen molar-refractivity contribution in [2.45, 2.75) is 26.8 Å². The van der Waals surface area contributed by atoms with Gasteiger partial charge in [0.1, 0.15) is 11.5 Å². The van der Waals surface area contributed by atoms with Gasteiger partial charge in [0, 0.05) is 11.8 Å². The van der Waals surface area contributed by atoms with Gasteiger partial charge in [-0.15, -0.1) is 0 Å². The summed E-state index contributed by atoms with van der Waals surface area (Å²) < 4.78 is 16.5. The van der Waals surface area contributed by atoms with Crippen molar-refractivity contribution in [1.29, 1.82) is 5.26 Å². The summed E-state index contributed by atoms with van der Waals surface area (Å²) in [5, 5.41) is 12.1. The number of carbonyl (C=O) groups is 1. The molecule has 6 heteroatoms. The van der Waals surface area contributed by atoms with Crippen LogP contribution in [0.15, 0.2) is 42.5 Å². The molecule has 0 saturated carbocycles. The van der Waals surface area contributed by atoms with Gasteiger partial charge < -0.3 is 19.5 Å². The molecule has 0 bridgehead atoms. The number of hydrogen-bond donors (Lipinski definition) is 1. The molecule has 1 N–H and O–H groups in total. The molecule has 0 fully saturated rings. The molecule has 0 radical (unpaired) electrons. The van der Waals surface area contributed by atoms with E-state index in [1.165, 1.54) is 7.11 Å². The SMILES string of the molecule is CCOc1cc(OCC(C)C)cc(C(Nc2ccc(C#N)cc2)C(=O)OC)c1. The Labute approximate surface area is 166 Å². The zero-order valence-electron chi connectivity index (χ0n) is 16.7. The second-order valence-corrected chi connectivity index (χ2v) is 6.67. The lowest BCUT2D eigenvalue weighted by molar-refractivity contribution is -0.141. The van der Waals surface area contributed by atoms with Crippen molar-refractivity contribution >= 4 is 11.7 Å². The molecule has 6 nitrogen and oxygen atoms in total. The molecular formula is C22H26N2O4. The highest BCUT2D eigenvalue weighted by Gasteiger charge is 2.23. The molecule has 0 amide bonds. The number of esters is 1. The third kappa shape index (κ3) is 5.92. The van der Waals surface area contributed by atoms with E-state index in [4.69, 9.17) is 19.5 Å². The van der Waals surface area contributed by atoms with Crippen molar-refractivity contribution in [2.75, 3.05) is 25.6 Å². The van der Waals surface area contributed by atoms with Gasteiger partial charge >= 0.3 is 5.97 Å². The van der Waals surface area contributed by atoms with Gasteiger partial charge in [0.25, 0.3) is 0 Å². The highest BCUT2D eigenvalue weighted by Crippen LogP contribution is 2.30. The van der Waals surface area contributed by atoms with Gasteiger partial charge in [-0.3, -0.25) is 0 Å². The maximum Gasteiger partial charge on any atom is 0.332 e. The Hall–Kier alpha value is -3.20. The number of rotatable bonds is 9. The Morgan fingerprint density at radius 3 is 2.29 bits per heavy atom. The third-order valence-corrected chi connectivity index (χ3v) is 3.89. The van der Waals surface area contributed by atoms with Gasteiger partial charge in [-0.1, -0.05) is 13.8 Å². The van der Waals surface area contributed by atoms with Crippen LogP contribution >= 0.6 is 0 Å². The van der Waals surface area contributed by atoms with Crippen LogP contribution in [-0.4, -0.2) is 26.3 Å². The van der Waals surface area contributed by atoms with E-state index in [0.717, 1.165) is 0 Å². The van der Waals surface area contributed by atoms with Crippen molar-refractivity contribution in [3.05, 3.63) is 53.6 Å². The van der Waals surface area contributed by atoms with Crippen LogP contribution in [0.4, 0.5) is 5.69 Å². The van der Waals surface area contributed by atoms with Crippen molar-refractivity contribution in [1.82, 2.24) is 0 Å². The van der Waals surface area contributed by atoms with Gasteiger partial charge in [0.15, 0.2) is 6.04 Å². The molecule has 0 aliphatic heterocycles. The fraction of sp³-hybridized carbons (Fsp3) is 0.364. The molecule has 0 saturated heterocycles. The highest BCUT2D eigenvalue weighted by molar-refractivity contribution is 5.81. The van der Waals surface area contributed by atoms with Crippen LogP contribution in [0.2, 0.25) is 0 Å². The summed E-state index contributed by atoms with van der Waals surface area (Å²) in [6.07, 6.45) is 0. The molecule has 0 aliphatic rings. The van der Waals surface area contributed by atoms with Crippen LogP contribution in [-0.2, 0) is 9.53 Å². The fourth-order valence-electron chi connectivity index (χ4n) is 2.56. The number of nitriles is 1. The number of nitrogens with one attached hydrogen (secondary N) is 1. The Kier molecular flexibility index (Phi) is 7.70. The molecule has 148 valence electrons. The summed E-state index contributed by atoms with van der Waals surface area (Å²) in [5.41, 5.74) is 1.91. The summed E-state index contributed by atoms with van der Waals surface area (Å²) in [4.78, 5) is 12.5. The molecular weight excluding hydrogens is 356 g/mol. The van der Waals surface area contributed by atoms with Crippen molar-refractivity contribution in [2.24, 2.45) is 5.92 Å². The summed E-state index contributed by atoms with van der Waals surface area (Å²) in [5.74, 6) is 1.18. The minimum absolute atomic E-state index is 0.368. The Morgan fingerprint density at radius 2 is 1.75 bits per heavy atom. The zero-order chi connectivity index (χ0) is 20.5. The van der Waals surface area contributed by atoms with Gasteiger partial charge in [-0.05, 0) is 54.8 Å². The predicted molar refractivity (Wildman–Crippen MR) is 107 cm³/mol. The van der Waals surface area contributed by atoms with E-state index in [2.05, 4.69) is 25.2 Å². The van der Waals surface area contributed by atoms with Gasteiger partial charge in [0.05, 0.1) is 32.0 Å². The number of benzene rings is 2. The first-order chi connectivity index (χ1) is 13.5. The average molecular weight is 382 g/mol. The minimum Gasteiger partial charge on any atom is -0.494 e. The molecule has 1 atom stereocenters. The molecule has 0 aromatic heterocycles. The predicted octanol–water partition coefficient (Wildman–Crippen LogP) is 4.32. The summed E-state index contributed by atoms with van der Waals surface area (Å²) in [7, 11) is 1.35. The molecule has 2 aromatic rings. The number of hydrogen-bond acceptors (Lipinski definition) is 6. The summed E-state index contributed by atoms with van der Waals surface area (Å²) >= 11 is 0. The monoisotopic (exact) mass is 382 g/mol. The van der Waals surface area contributed by atoms with E-state index >= 15 is 0 Å². The van der Waals surface area contributed by atoms with Crippen LogP contribution in [0.1, 0.15) is 37.9 Å². The summed E-state index contributed by atoms with van der Waals surface area (Å²) in [6.45, 7) is 7.09. The first-order valence-electron chi connectivity index (χ1n) is 9.22. The van der Waals surface area contributed by atoms with Crippen LogP contribution in [0, 0.1) is 17.2 Å². The number of anilines is 1. The molecule has 28 heavy (non-hydrogen) atoms. The third-order valence-electron chi connectivity index (χ3n) is 3.89. The maximum absolute atomic E-state index is 12.5. The van der Waals surface area contributed by atoms with Crippen LogP contribution in [0.5, 0.6) is 11.5 Å². The number of methoxy groups -OCH3 is 1. The first-order valence-corrected chi connectivity index (χ1v) is 9.22. The lowest BCUT2D eigenvalue weighted by atomic mass is 10.0. The molecule has 2 aromatic carbocycles. The minimum atomic E-state index is -0.750. The average Bonchev–Trinajstić information content (AvgIpc) is 2.70. The number of ether oxygens (including phenoxy) is 3. The normalized spacial score (nSPS) is 11.4. The van der Waals surface area contributed by atoms with Crippen molar-refractivity contribution < 1.29 is 19.0 Å². The lowest BCUT2D eigenvalue weighted by Gasteiger charge is -2.20. The van der Waals surface area contributed by atoms with Crippen LogP contribution in [0.25, 0.3) is 0 Å². The topological polar surface area (TPSA) is 80.6 Å². The van der Waals surface area contributed by atoms with Gasteiger partial charge in [-0.25, -0.2) is 4.79 Å². The van der Waals surface area contributed by atoms with E-state index < -0.39 is 12.0 Å². The van der Waals surface area contributed by atoms with Crippen LogP contribution in [0.3, 0.4) is 0 Å². The van der Waals surface area contributed by atoms with Gasteiger partial charge in [-0.2, -0.15) is 5.26 Å². The largest absolute Gasteiger partial charge is 0.494 e. The Morgan fingerprint density at radius 1 is 1.11 bits per heavy atom. The van der Waals surface area contributed by atoms with E-state index in [1.807, 2.05) is 19.1 Å². The van der Waals surface area contributed by atoms with E-state index in [1.54, 1.807) is 30.3 Å². The smallest absolute Gasteiger partial charge is 0.332 e. The van der Waals surface area contributed by atoms with E-state index in [0.29, 0.717) is 47.4 Å². The maximum atomic E-state index is 12.5. The zero-order valence-corrected chi connectivity index (χ0v) is 16.7. The Bertz CT molecular complexity index is 825.